The summed E-state index contributed by atoms with van der Waals surface area (Å²) in [7, 11) is 0. The fraction of sp³-hybridized carbons (Fsp3) is 0.444. The van der Waals surface area contributed by atoms with Crippen LogP contribution in [0.4, 0.5) is 0 Å². The zero-order valence-electron chi connectivity index (χ0n) is 13.5. The zero-order valence-corrected chi connectivity index (χ0v) is 14.2. The minimum Gasteiger partial charge on any atom is -0.454 e. The SMILES string of the molecule is Cc1ncc2c(n1)C[C@H]1CC[C@@H]2N1Cc1cc2c(cc1Cl)OCO2. The lowest BCUT2D eigenvalue weighted by molar-refractivity contribution is 0.165. The summed E-state index contributed by atoms with van der Waals surface area (Å²) in [5.41, 5.74) is 3.60. The second kappa shape index (κ2) is 5.33. The molecule has 2 atom stereocenters. The largest absolute Gasteiger partial charge is 0.454 e. The maximum Gasteiger partial charge on any atom is 0.231 e. The van der Waals surface area contributed by atoms with Crippen molar-refractivity contribution in [3.63, 3.8) is 0 Å². The summed E-state index contributed by atoms with van der Waals surface area (Å²) < 4.78 is 10.9. The monoisotopic (exact) mass is 343 g/mol. The van der Waals surface area contributed by atoms with Gasteiger partial charge in [-0.25, -0.2) is 9.97 Å². The summed E-state index contributed by atoms with van der Waals surface area (Å²) in [6.07, 6.45) is 5.37. The van der Waals surface area contributed by atoms with Gasteiger partial charge in [0.2, 0.25) is 6.79 Å². The van der Waals surface area contributed by atoms with Gasteiger partial charge in [-0.1, -0.05) is 11.6 Å². The van der Waals surface area contributed by atoms with E-state index >= 15 is 0 Å². The second-order valence-electron chi connectivity index (χ2n) is 6.74. The van der Waals surface area contributed by atoms with Crippen molar-refractivity contribution in [2.24, 2.45) is 0 Å². The molecule has 5 rings (SSSR count). The van der Waals surface area contributed by atoms with E-state index < -0.39 is 0 Å². The Labute approximate surface area is 145 Å². The molecular formula is C18H18ClN3O2. The number of rotatable bonds is 2. The van der Waals surface area contributed by atoms with Gasteiger partial charge in [-0.2, -0.15) is 0 Å². The number of ether oxygens (including phenoxy) is 2. The highest BCUT2D eigenvalue weighted by Crippen LogP contribution is 2.45. The first kappa shape index (κ1) is 14.5. The van der Waals surface area contributed by atoms with Gasteiger partial charge in [-0.3, -0.25) is 4.90 Å². The summed E-state index contributed by atoms with van der Waals surface area (Å²) in [6.45, 7) is 3.05. The van der Waals surface area contributed by atoms with Crippen molar-refractivity contribution >= 4 is 11.6 Å². The third kappa shape index (κ3) is 2.19. The summed E-state index contributed by atoms with van der Waals surface area (Å²) in [5, 5.41) is 0.740. The lowest BCUT2D eigenvalue weighted by atomic mass is 9.98. The first-order valence-corrected chi connectivity index (χ1v) is 8.73. The smallest absolute Gasteiger partial charge is 0.231 e. The van der Waals surface area contributed by atoms with E-state index in [-0.39, 0.29) is 6.79 Å². The molecule has 1 aromatic carbocycles. The van der Waals surface area contributed by atoms with Gasteiger partial charge in [0.1, 0.15) is 5.82 Å². The Bertz CT molecular complexity index is 826. The number of benzene rings is 1. The van der Waals surface area contributed by atoms with Gasteiger partial charge in [-0.05, 0) is 31.4 Å². The first-order chi connectivity index (χ1) is 11.7. The predicted octanol–water partition coefficient (Wildman–Crippen LogP) is 3.43. The van der Waals surface area contributed by atoms with Crippen LogP contribution in [0.1, 0.15) is 41.5 Å². The van der Waals surface area contributed by atoms with Gasteiger partial charge < -0.3 is 9.47 Å². The van der Waals surface area contributed by atoms with Gasteiger partial charge in [0.15, 0.2) is 11.5 Å². The van der Waals surface area contributed by atoms with Crippen LogP contribution >= 0.6 is 11.6 Å². The van der Waals surface area contributed by atoms with E-state index in [0.29, 0.717) is 12.1 Å². The maximum atomic E-state index is 6.48. The number of fused-ring (bicyclic) bond motifs is 5. The van der Waals surface area contributed by atoms with Crippen LogP contribution in [0.15, 0.2) is 18.3 Å². The lowest BCUT2D eigenvalue weighted by Crippen LogP contribution is -2.37. The van der Waals surface area contributed by atoms with Crippen molar-refractivity contribution in [1.29, 1.82) is 0 Å². The van der Waals surface area contributed by atoms with E-state index in [9.17, 15) is 0 Å². The van der Waals surface area contributed by atoms with E-state index in [4.69, 9.17) is 21.1 Å². The quantitative estimate of drug-likeness (QED) is 0.836. The number of halogens is 1. The molecule has 5 nitrogen and oxygen atoms in total. The average molecular weight is 344 g/mol. The normalized spacial score (nSPS) is 24.2. The Morgan fingerprint density at radius 3 is 2.96 bits per heavy atom. The van der Waals surface area contributed by atoms with Crippen LogP contribution < -0.4 is 9.47 Å². The molecule has 0 amide bonds. The molecule has 2 bridgehead atoms. The molecule has 0 unspecified atom stereocenters. The van der Waals surface area contributed by atoms with Crippen molar-refractivity contribution < 1.29 is 9.47 Å². The fourth-order valence-electron chi connectivity index (χ4n) is 4.20. The summed E-state index contributed by atoms with van der Waals surface area (Å²) in [5.74, 6) is 2.39. The van der Waals surface area contributed by atoms with E-state index in [1.54, 1.807) is 0 Å². The molecule has 24 heavy (non-hydrogen) atoms. The minimum absolute atomic E-state index is 0.272. The van der Waals surface area contributed by atoms with Crippen LogP contribution in [-0.4, -0.2) is 27.7 Å². The minimum atomic E-state index is 0.272. The molecule has 0 spiro atoms. The highest BCUT2D eigenvalue weighted by Gasteiger charge is 2.41. The summed E-state index contributed by atoms with van der Waals surface area (Å²) in [6, 6.07) is 4.80. The number of aryl methyl sites for hydroxylation is 1. The lowest BCUT2D eigenvalue weighted by Gasteiger charge is -2.35. The number of aromatic nitrogens is 2. The molecule has 4 heterocycles. The molecule has 1 fully saturated rings. The van der Waals surface area contributed by atoms with Crippen LogP contribution in [0.3, 0.4) is 0 Å². The third-order valence-electron chi connectivity index (χ3n) is 5.35. The molecule has 2 aromatic rings. The molecule has 0 aliphatic carbocycles. The Hall–Kier alpha value is -1.85. The molecule has 124 valence electrons. The molecule has 0 N–H and O–H groups in total. The predicted molar refractivity (Wildman–Crippen MR) is 89.4 cm³/mol. The van der Waals surface area contributed by atoms with E-state index in [0.717, 1.165) is 47.3 Å². The van der Waals surface area contributed by atoms with Crippen molar-refractivity contribution in [3.05, 3.63) is 46.0 Å². The number of hydrogen-bond acceptors (Lipinski definition) is 5. The molecule has 1 aromatic heterocycles. The fourth-order valence-corrected chi connectivity index (χ4v) is 4.41. The molecule has 3 aliphatic heterocycles. The van der Waals surface area contributed by atoms with Crippen molar-refractivity contribution in [2.45, 2.75) is 44.8 Å². The van der Waals surface area contributed by atoms with E-state index in [2.05, 4.69) is 14.9 Å². The Balaban J connectivity index is 1.47. The van der Waals surface area contributed by atoms with E-state index in [1.807, 2.05) is 25.3 Å². The van der Waals surface area contributed by atoms with Crippen LogP contribution in [-0.2, 0) is 13.0 Å². The Morgan fingerprint density at radius 1 is 1.25 bits per heavy atom. The van der Waals surface area contributed by atoms with Gasteiger partial charge in [0, 0.05) is 47.9 Å². The third-order valence-corrected chi connectivity index (χ3v) is 5.70. The van der Waals surface area contributed by atoms with Crippen LogP contribution in [0, 0.1) is 6.92 Å². The Kier molecular flexibility index (Phi) is 3.22. The second-order valence-corrected chi connectivity index (χ2v) is 7.15. The summed E-state index contributed by atoms with van der Waals surface area (Å²) in [4.78, 5) is 11.6. The van der Waals surface area contributed by atoms with Crippen molar-refractivity contribution in [2.75, 3.05) is 6.79 Å². The zero-order chi connectivity index (χ0) is 16.3. The van der Waals surface area contributed by atoms with Crippen molar-refractivity contribution in [1.82, 2.24) is 14.9 Å². The molecular weight excluding hydrogens is 326 g/mol. The van der Waals surface area contributed by atoms with Gasteiger partial charge in [0.05, 0.1) is 5.69 Å². The number of nitrogens with zero attached hydrogens (tertiary/aromatic N) is 3. The highest BCUT2D eigenvalue weighted by atomic mass is 35.5. The van der Waals surface area contributed by atoms with Gasteiger partial charge in [-0.15, -0.1) is 0 Å². The van der Waals surface area contributed by atoms with Gasteiger partial charge in [0.25, 0.3) is 0 Å². The van der Waals surface area contributed by atoms with Crippen LogP contribution in [0.5, 0.6) is 11.5 Å². The molecule has 1 saturated heterocycles. The number of hydrogen-bond donors (Lipinski definition) is 0. The highest BCUT2D eigenvalue weighted by molar-refractivity contribution is 6.31. The van der Waals surface area contributed by atoms with Crippen molar-refractivity contribution in [3.8, 4) is 11.5 Å². The van der Waals surface area contributed by atoms with Crippen LogP contribution in [0.2, 0.25) is 5.02 Å². The standard InChI is InChI=1S/C18H18ClN3O2/c1-10-20-7-13-15(21-10)5-12-2-3-16(13)22(12)8-11-4-17-18(6-14(11)19)24-9-23-17/h4,6-7,12,16H,2-3,5,8-9H2,1H3/t12-,16+/m1/s1. The average Bonchev–Trinajstić information content (AvgIpc) is 3.11. The Morgan fingerprint density at radius 2 is 2.08 bits per heavy atom. The molecule has 3 aliphatic rings. The summed E-state index contributed by atoms with van der Waals surface area (Å²) >= 11 is 6.48. The molecule has 0 radical (unpaired) electrons. The molecule has 6 heteroatoms. The maximum absolute atomic E-state index is 6.48. The topological polar surface area (TPSA) is 47.5 Å². The molecule has 0 saturated carbocycles. The van der Waals surface area contributed by atoms with Gasteiger partial charge >= 0.3 is 0 Å². The van der Waals surface area contributed by atoms with Crippen LogP contribution in [0.25, 0.3) is 0 Å². The van der Waals surface area contributed by atoms with E-state index in [1.165, 1.54) is 17.7 Å². The first-order valence-electron chi connectivity index (χ1n) is 8.35.